The van der Waals surface area contributed by atoms with Gasteiger partial charge in [0.15, 0.2) is 5.82 Å². The highest BCUT2D eigenvalue weighted by molar-refractivity contribution is 5.34. The lowest BCUT2D eigenvalue weighted by atomic mass is 10.0. The van der Waals surface area contributed by atoms with E-state index in [-0.39, 0.29) is 17.9 Å². The average molecular weight is 314 g/mol. The summed E-state index contributed by atoms with van der Waals surface area (Å²) in [5, 5.41) is 20.8. The second-order valence-electron chi connectivity index (χ2n) is 6.73. The lowest BCUT2D eigenvalue weighted by Crippen LogP contribution is -2.22. The highest BCUT2D eigenvalue weighted by Crippen LogP contribution is 2.39. The Bertz CT molecular complexity index is 683. The van der Waals surface area contributed by atoms with Crippen molar-refractivity contribution in [3.05, 3.63) is 29.7 Å². The lowest BCUT2D eigenvalue weighted by molar-refractivity contribution is 0.137. The van der Waals surface area contributed by atoms with Gasteiger partial charge in [-0.05, 0) is 38.7 Å². The fourth-order valence-corrected chi connectivity index (χ4v) is 3.32. The largest absolute Gasteiger partial charge is 0.393 e. The molecule has 7 heteroatoms. The Balaban J connectivity index is 1.36. The zero-order valence-electron chi connectivity index (χ0n) is 13.2. The first kappa shape index (κ1) is 14.6. The second kappa shape index (κ2) is 5.88. The van der Waals surface area contributed by atoms with Gasteiger partial charge in [-0.1, -0.05) is 0 Å². The number of H-pyrrole nitrogens is 1. The number of nitrogens with zero attached hydrogens (tertiary/aromatic N) is 4. The van der Waals surface area contributed by atoms with E-state index < -0.39 is 0 Å². The van der Waals surface area contributed by atoms with Crippen molar-refractivity contribution in [3.63, 3.8) is 0 Å². The van der Waals surface area contributed by atoms with Crippen molar-refractivity contribution in [2.45, 2.75) is 50.5 Å². The molecule has 0 spiro atoms. The number of aromatic amines is 1. The van der Waals surface area contributed by atoms with Gasteiger partial charge < -0.3 is 10.4 Å². The van der Waals surface area contributed by atoms with E-state index in [4.69, 9.17) is 0 Å². The third kappa shape index (κ3) is 3.19. The molecule has 122 valence electrons. The molecule has 3 N–H and O–H groups in total. The van der Waals surface area contributed by atoms with Crippen LogP contribution < -0.4 is 5.32 Å². The van der Waals surface area contributed by atoms with Gasteiger partial charge in [0.25, 0.3) is 0 Å². The number of aliphatic hydroxyl groups is 1. The molecule has 3 atom stereocenters. The molecule has 2 aromatic rings. The molecule has 2 aliphatic carbocycles. The molecule has 0 radical (unpaired) electrons. The molecule has 2 fully saturated rings. The Morgan fingerprint density at radius 2 is 2.09 bits per heavy atom. The van der Waals surface area contributed by atoms with E-state index >= 15 is 0 Å². The topological polar surface area (TPSA) is 99.6 Å². The van der Waals surface area contributed by atoms with Gasteiger partial charge in [-0.25, -0.2) is 15.0 Å². The fourth-order valence-electron chi connectivity index (χ4n) is 3.32. The number of hydrogen-bond donors (Lipinski definition) is 3. The van der Waals surface area contributed by atoms with E-state index in [9.17, 15) is 5.11 Å². The molecule has 0 bridgehead atoms. The average Bonchev–Trinajstić information content (AvgIpc) is 3.22. The Kier molecular flexibility index (Phi) is 3.72. The third-order valence-corrected chi connectivity index (χ3v) is 4.80. The maximum Gasteiger partial charge on any atom is 0.153 e. The number of aryl methyl sites for hydroxylation is 1. The van der Waals surface area contributed by atoms with Gasteiger partial charge in [-0.3, -0.25) is 5.10 Å². The van der Waals surface area contributed by atoms with Crippen LogP contribution in [-0.2, 0) is 0 Å². The molecule has 0 aromatic carbocycles. The summed E-state index contributed by atoms with van der Waals surface area (Å²) in [5.74, 6) is 4.41. The summed E-state index contributed by atoms with van der Waals surface area (Å²) >= 11 is 0. The minimum atomic E-state index is -0.323. The number of aromatic nitrogens is 5. The molecular weight excluding hydrogens is 292 g/mol. The standard InChI is InChI=1S/C16H22N6O/c1-9-19-16(22-21-9)11-6-12(13(23)7-11)8-18-14-4-5-17-15(20-14)10-2-3-10/h4-5,10-13,23H,2-3,6-8H2,1H3,(H,17,18,20)(H,19,21,22)/t11?,12-,13-/m1/s1. The van der Waals surface area contributed by atoms with Crippen LogP contribution in [0.15, 0.2) is 12.3 Å². The SMILES string of the molecule is Cc1nc(C2C[C@H](CNc3ccnc(C4CC4)n3)[C@H](O)C2)n[nH]1. The first-order chi connectivity index (χ1) is 11.2. The van der Waals surface area contributed by atoms with E-state index in [1.165, 1.54) is 12.8 Å². The Hall–Kier alpha value is -2.02. The molecule has 1 unspecified atom stereocenters. The summed E-state index contributed by atoms with van der Waals surface area (Å²) in [6.45, 7) is 2.61. The van der Waals surface area contributed by atoms with Crippen molar-refractivity contribution < 1.29 is 5.11 Å². The van der Waals surface area contributed by atoms with E-state index in [1.54, 1.807) is 0 Å². The fraction of sp³-hybridized carbons (Fsp3) is 0.625. The summed E-state index contributed by atoms with van der Waals surface area (Å²) in [7, 11) is 0. The molecule has 2 saturated carbocycles. The number of hydrogen-bond acceptors (Lipinski definition) is 6. The molecule has 2 aliphatic rings. The lowest BCUT2D eigenvalue weighted by Gasteiger charge is -2.15. The van der Waals surface area contributed by atoms with Crippen molar-refractivity contribution in [3.8, 4) is 0 Å². The highest BCUT2D eigenvalue weighted by Gasteiger charge is 2.35. The molecule has 0 aliphatic heterocycles. The monoisotopic (exact) mass is 314 g/mol. The summed E-state index contributed by atoms with van der Waals surface area (Å²) in [4.78, 5) is 13.3. The summed E-state index contributed by atoms with van der Waals surface area (Å²) in [6.07, 6.45) is 5.50. The minimum Gasteiger partial charge on any atom is -0.393 e. The van der Waals surface area contributed by atoms with Crippen LogP contribution in [0.2, 0.25) is 0 Å². The van der Waals surface area contributed by atoms with E-state index in [1.807, 2.05) is 19.2 Å². The number of anilines is 1. The normalized spacial score (nSPS) is 27.3. The number of nitrogens with one attached hydrogen (secondary N) is 2. The zero-order chi connectivity index (χ0) is 15.8. The Morgan fingerprint density at radius 3 is 2.83 bits per heavy atom. The van der Waals surface area contributed by atoms with Gasteiger partial charge in [-0.2, -0.15) is 5.10 Å². The van der Waals surface area contributed by atoms with Gasteiger partial charge >= 0.3 is 0 Å². The van der Waals surface area contributed by atoms with Crippen molar-refractivity contribution in [1.82, 2.24) is 25.1 Å². The quantitative estimate of drug-likeness (QED) is 0.777. The molecular formula is C16H22N6O. The van der Waals surface area contributed by atoms with Gasteiger partial charge in [0, 0.05) is 30.5 Å². The van der Waals surface area contributed by atoms with Gasteiger partial charge in [0.1, 0.15) is 17.5 Å². The highest BCUT2D eigenvalue weighted by atomic mass is 16.3. The van der Waals surface area contributed by atoms with Crippen LogP contribution in [0.1, 0.15) is 55.0 Å². The zero-order valence-corrected chi connectivity index (χ0v) is 13.2. The van der Waals surface area contributed by atoms with Crippen LogP contribution in [0, 0.1) is 12.8 Å². The van der Waals surface area contributed by atoms with Crippen LogP contribution in [0.4, 0.5) is 5.82 Å². The van der Waals surface area contributed by atoms with Gasteiger partial charge in [-0.15, -0.1) is 0 Å². The van der Waals surface area contributed by atoms with E-state index in [0.717, 1.165) is 36.1 Å². The van der Waals surface area contributed by atoms with E-state index in [0.29, 0.717) is 12.5 Å². The third-order valence-electron chi connectivity index (χ3n) is 4.80. The van der Waals surface area contributed by atoms with Crippen molar-refractivity contribution in [1.29, 1.82) is 0 Å². The minimum absolute atomic E-state index is 0.193. The van der Waals surface area contributed by atoms with Crippen molar-refractivity contribution >= 4 is 5.82 Å². The van der Waals surface area contributed by atoms with Crippen LogP contribution in [0.5, 0.6) is 0 Å². The Labute approximate surface area is 135 Å². The first-order valence-corrected chi connectivity index (χ1v) is 8.33. The van der Waals surface area contributed by atoms with Crippen molar-refractivity contribution in [2.24, 2.45) is 5.92 Å². The van der Waals surface area contributed by atoms with Gasteiger partial charge in [0.05, 0.1) is 6.10 Å². The molecule has 2 aromatic heterocycles. The maximum absolute atomic E-state index is 10.3. The van der Waals surface area contributed by atoms with E-state index in [2.05, 4.69) is 30.5 Å². The summed E-state index contributed by atoms with van der Waals surface area (Å²) in [5.41, 5.74) is 0. The van der Waals surface area contributed by atoms with Crippen LogP contribution >= 0.6 is 0 Å². The molecule has 7 nitrogen and oxygen atoms in total. The second-order valence-corrected chi connectivity index (χ2v) is 6.73. The molecule has 2 heterocycles. The predicted octanol–water partition coefficient (Wildman–Crippen LogP) is 1.75. The predicted molar refractivity (Wildman–Crippen MR) is 85.1 cm³/mol. The number of rotatable bonds is 5. The molecule has 0 amide bonds. The molecule has 23 heavy (non-hydrogen) atoms. The van der Waals surface area contributed by atoms with Crippen LogP contribution in [0.3, 0.4) is 0 Å². The summed E-state index contributed by atoms with van der Waals surface area (Å²) < 4.78 is 0. The first-order valence-electron chi connectivity index (χ1n) is 8.33. The van der Waals surface area contributed by atoms with Crippen LogP contribution in [0.25, 0.3) is 0 Å². The molecule has 0 saturated heterocycles. The smallest absolute Gasteiger partial charge is 0.153 e. The molecule has 4 rings (SSSR count). The summed E-state index contributed by atoms with van der Waals surface area (Å²) in [6, 6.07) is 1.89. The maximum atomic E-state index is 10.3. The van der Waals surface area contributed by atoms with Crippen LogP contribution in [-0.4, -0.2) is 42.9 Å². The van der Waals surface area contributed by atoms with Crippen molar-refractivity contribution in [2.75, 3.05) is 11.9 Å². The number of aliphatic hydroxyl groups excluding tert-OH is 1. The van der Waals surface area contributed by atoms with Gasteiger partial charge in [0.2, 0.25) is 0 Å². The Morgan fingerprint density at radius 1 is 1.22 bits per heavy atom.